The minimum absolute atomic E-state index is 0.0403. The van der Waals surface area contributed by atoms with E-state index in [2.05, 4.69) is 5.32 Å². The van der Waals surface area contributed by atoms with Gasteiger partial charge in [-0.15, -0.1) is 0 Å². The highest BCUT2D eigenvalue weighted by Gasteiger charge is 2.22. The molecule has 0 heterocycles. The number of rotatable bonds is 7. The maximum Gasteiger partial charge on any atom is 0.411 e. The van der Waals surface area contributed by atoms with Crippen LogP contribution in [-0.2, 0) is 14.9 Å². The Bertz CT molecular complexity index is 925. The first kappa shape index (κ1) is 20.4. The second-order valence-corrected chi connectivity index (χ2v) is 6.90. The van der Waals surface area contributed by atoms with Crippen molar-refractivity contribution in [1.82, 2.24) is 0 Å². The van der Waals surface area contributed by atoms with Gasteiger partial charge in [-0.1, -0.05) is 6.07 Å². The second-order valence-electron chi connectivity index (χ2n) is 5.38. The molecule has 146 valence electrons. The average molecular weight is 395 g/mol. The first-order chi connectivity index (χ1) is 12.8. The van der Waals surface area contributed by atoms with Gasteiger partial charge in [-0.05, 0) is 37.6 Å². The molecule has 1 amide bonds. The third kappa shape index (κ3) is 5.04. The summed E-state index contributed by atoms with van der Waals surface area (Å²) in [6.07, 6.45) is -0.645. The third-order valence-corrected chi connectivity index (χ3v) is 4.90. The Labute approximate surface area is 158 Å². The minimum Gasteiger partial charge on any atom is -0.493 e. The summed E-state index contributed by atoms with van der Waals surface area (Å²) in [7, 11) is -1.26. The third-order valence-electron chi connectivity index (χ3n) is 3.51. The second kappa shape index (κ2) is 8.63. The quantitative estimate of drug-likeness (QED) is 0.718. The van der Waals surface area contributed by atoms with Crippen LogP contribution in [0.15, 0.2) is 41.3 Å². The van der Waals surface area contributed by atoms with Gasteiger partial charge in [0.15, 0.2) is 11.5 Å². The van der Waals surface area contributed by atoms with Crippen molar-refractivity contribution < 1.29 is 31.6 Å². The van der Waals surface area contributed by atoms with Gasteiger partial charge in [0.25, 0.3) is 0 Å². The van der Waals surface area contributed by atoms with Crippen molar-refractivity contribution in [3.05, 3.63) is 42.0 Å². The molecule has 0 bridgehead atoms. The van der Waals surface area contributed by atoms with E-state index in [9.17, 15) is 13.2 Å². The number of methoxy groups -OCH3 is 2. The summed E-state index contributed by atoms with van der Waals surface area (Å²) in [5.41, 5.74) is 0.777. The highest BCUT2D eigenvalue weighted by Crippen LogP contribution is 2.33. The molecule has 1 N–H and O–H groups in total. The van der Waals surface area contributed by atoms with E-state index >= 15 is 0 Å². The molecule has 0 saturated carbocycles. The summed E-state index contributed by atoms with van der Waals surface area (Å²) in [6.45, 7) is 3.52. The molecular formula is C18H21NO7S. The Kier molecular flexibility index (Phi) is 6.51. The molecule has 0 aliphatic carbocycles. The van der Waals surface area contributed by atoms with Crippen LogP contribution < -0.4 is 19.0 Å². The molecule has 0 fully saturated rings. The van der Waals surface area contributed by atoms with Gasteiger partial charge >= 0.3 is 16.2 Å². The van der Waals surface area contributed by atoms with E-state index < -0.39 is 16.2 Å². The lowest BCUT2D eigenvalue weighted by Gasteiger charge is -2.14. The summed E-state index contributed by atoms with van der Waals surface area (Å²) in [5.74, 6) is 0.719. The zero-order chi connectivity index (χ0) is 20.0. The van der Waals surface area contributed by atoms with Crippen LogP contribution >= 0.6 is 0 Å². The van der Waals surface area contributed by atoms with E-state index in [0.717, 1.165) is 0 Å². The van der Waals surface area contributed by atoms with E-state index in [4.69, 9.17) is 18.4 Å². The van der Waals surface area contributed by atoms with Crippen LogP contribution in [0, 0.1) is 6.92 Å². The van der Waals surface area contributed by atoms with Crippen LogP contribution in [0.1, 0.15) is 12.5 Å². The number of ether oxygens (including phenoxy) is 3. The van der Waals surface area contributed by atoms with E-state index in [1.807, 2.05) is 0 Å². The normalized spacial score (nSPS) is 10.8. The Morgan fingerprint density at radius 2 is 1.74 bits per heavy atom. The van der Waals surface area contributed by atoms with Crippen molar-refractivity contribution in [1.29, 1.82) is 0 Å². The largest absolute Gasteiger partial charge is 0.493 e. The number of amides is 1. The first-order valence-electron chi connectivity index (χ1n) is 8.01. The lowest BCUT2D eigenvalue weighted by atomic mass is 10.2. The Balaban J connectivity index is 2.30. The summed E-state index contributed by atoms with van der Waals surface area (Å²) >= 11 is 0. The zero-order valence-electron chi connectivity index (χ0n) is 15.4. The van der Waals surface area contributed by atoms with Crippen molar-refractivity contribution in [3.63, 3.8) is 0 Å². The zero-order valence-corrected chi connectivity index (χ0v) is 16.3. The SMILES string of the molecule is CCOC(=O)Nc1cccc(OS(=O)(=O)c2cc(OC)c(OC)cc2C)c1. The summed E-state index contributed by atoms with van der Waals surface area (Å²) < 4.78 is 45.7. The summed E-state index contributed by atoms with van der Waals surface area (Å²) in [5, 5.41) is 2.48. The molecule has 0 aliphatic heterocycles. The number of nitrogens with one attached hydrogen (secondary N) is 1. The van der Waals surface area contributed by atoms with Crippen molar-refractivity contribution >= 4 is 21.9 Å². The maximum atomic E-state index is 12.7. The lowest BCUT2D eigenvalue weighted by Crippen LogP contribution is -2.14. The highest BCUT2D eigenvalue weighted by atomic mass is 32.2. The van der Waals surface area contributed by atoms with Gasteiger partial charge in [0.1, 0.15) is 10.6 Å². The Morgan fingerprint density at radius 3 is 2.37 bits per heavy atom. The molecule has 0 unspecified atom stereocenters. The predicted octanol–water partition coefficient (Wildman–Crippen LogP) is 3.35. The summed E-state index contributed by atoms with van der Waals surface area (Å²) in [6, 6.07) is 8.86. The van der Waals surface area contributed by atoms with Crippen LogP contribution in [0.25, 0.3) is 0 Å². The van der Waals surface area contributed by atoms with Crippen LogP contribution in [-0.4, -0.2) is 35.3 Å². The standard InChI is InChI=1S/C18H21NO7S/c1-5-25-18(20)19-13-7-6-8-14(10-13)26-27(21,22)17-11-16(24-4)15(23-3)9-12(17)2/h6-11H,5H2,1-4H3,(H,19,20). The van der Waals surface area contributed by atoms with Crippen LogP contribution in [0.2, 0.25) is 0 Å². The van der Waals surface area contributed by atoms with Gasteiger partial charge in [0.05, 0.1) is 20.8 Å². The number of hydrogen-bond acceptors (Lipinski definition) is 7. The molecule has 0 saturated heterocycles. The minimum atomic E-state index is -4.14. The molecular weight excluding hydrogens is 374 g/mol. The number of hydrogen-bond donors (Lipinski definition) is 1. The van der Waals surface area contributed by atoms with Crippen LogP contribution in [0.5, 0.6) is 17.2 Å². The number of aryl methyl sites for hydroxylation is 1. The maximum absolute atomic E-state index is 12.7. The van der Waals surface area contributed by atoms with Gasteiger partial charge in [0, 0.05) is 17.8 Å². The first-order valence-corrected chi connectivity index (χ1v) is 9.42. The van der Waals surface area contributed by atoms with Gasteiger partial charge in [0.2, 0.25) is 0 Å². The molecule has 8 nitrogen and oxygen atoms in total. The lowest BCUT2D eigenvalue weighted by molar-refractivity contribution is 0.168. The predicted molar refractivity (Wildman–Crippen MR) is 99.2 cm³/mol. The van der Waals surface area contributed by atoms with Gasteiger partial charge < -0.3 is 18.4 Å². The van der Waals surface area contributed by atoms with Crippen molar-refractivity contribution in [2.24, 2.45) is 0 Å². The number of carbonyl (C=O) groups excluding carboxylic acids is 1. The fourth-order valence-electron chi connectivity index (χ4n) is 2.31. The van der Waals surface area contributed by atoms with E-state index in [0.29, 0.717) is 17.0 Å². The van der Waals surface area contributed by atoms with Crippen LogP contribution in [0.4, 0.5) is 10.5 Å². The molecule has 2 rings (SSSR count). The van der Waals surface area contributed by atoms with Gasteiger partial charge in [-0.25, -0.2) is 4.79 Å². The van der Waals surface area contributed by atoms with Crippen LogP contribution in [0.3, 0.4) is 0 Å². The monoisotopic (exact) mass is 395 g/mol. The molecule has 0 aliphatic rings. The number of carbonyl (C=O) groups is 1. The van der Waals surface area contributed by atoms with Gasteiger partial charge in [-0.2, -0.15) is 8.42 Å². The molecule has 2 aromatic carbocycles. The summed E-state index contributed by atoms with van der Waals surface area (Å²) in [4.78, 5) is 11.4. The molecule has 0 atom stereocenters. The van der Waals surface area contributed by atoms with Crippen molar-refractivity contribution in [2.75, 3.05) is 26.1 Å². The molecule has 0 aromatic heterocycles. The van der Waals surface area contributed by atoms with Gasteiger partial charge in [-0.3, -0.25) is 5.32 Å². The molecule has 27 heavy (non-hydrogen) atoms. The van der Waals surface area contributed by atoms with Crippen molar-refractivity contribution in [3.8, 4) is 17.2 Å². The fraction of sp³-hybridized carbons (Fsp3) is 0.278. The molecule has 2 aromatic rings. The van der Waals surface area contributed by atoms with Crippen molar-refractivity contribution in [2.45, 2.75) is 18.7 Å². The number of anilines is 1. The van der Waals surface area contributed by atoms with E-state index in [1.54, 1.807) is 32.0 Å². The number of benzene rings is 2. The van der Waals surface area contributed by atoms with E-state index in [-0.39, 0.29) is 23.0 Å². The molecule has 0 radical (unpaired) electrons. The van der Waals surface area contributed by atoms with E-state index in [1.165, 1.54) is 32.4 Å². The fourth-order valence-corrected chi connectivity index (χ4v) is 3.47. The molecule has 0 spiro atoms. The smallest absolute Gasteiger partial charge is 0.411 e. The topological polar surface area (TPSA) is 100 Å². The molecule has 9 heteroatoms. The Hall–Kier alpha value is -2.94. The Morgan fingerprint density at radius 1 is 1.07 bits per heavy atom. The highest BCUT2D eigenvalue weighted by molar-refractivity contribution is 7.87. The average Bonchev–Trinajstić information content (AvgIpc) is 2.61.